The lowest BCUT2D eigenvalue weighted by Gasteiger charge is -2.35. The van der Waals surface area contributed by atoms with E-state index in [4.69, 9.17) is 9.47 Å². The molecule has 0 amide bonds. The van der Waals surface area contributed by atoms with Gasteiger partial charge in [-0.05, 0) is 39.8 Å². The van der Waals surface area contributed by atoms with Crippen LogP contribution in [0.4, 0.5) is 0 Å². The third-order valence-corrected chi connectivity index (χ3v) is 7.03. The molecule has 4 rings (SSSR count). The van der Waals surface area contributed by atoms with Crippen molar-refractivity contribution in [3.63, 3.8) is 0 Å². The largest absolute Gasteiger partial charge is 0.459 e. The first-order valence-electron chi connectivity index (χ1n) is 10.0. The molecule has 0 unspecified atom stereocenters. The molecule has 0 spiro atoms. The van der Waals surface area contributed by atoms with E-state index in [0.717, 1.165) is 25.7 Å². The molecule has 4 fully saturated rings. The molecule has 6 nitrogen and oxygen atoms in total. The summed E-state index contributed by atoms with van der Waals surface area (Å²) in [5.74, 6) is -0.862. The van der Waals surface area contributed by atoms with Gasteiger partial charge in [-0.1, -0.05) is 0 Å². The zero-order valence-corrected chi connectivity index (χ0v) is 15.8. The summed E-state index contributed by atoms with van der Waals surface area (Å²) in [6.07, 6.45) is 10.8. The second kappa shape index (κ2) is 7.31. The second-order valence-electron chi connectivity index (χ2n) is 8.49. The van der Waals surface area contributed by atoms with Crippen LogP contribution >= 0.6 is 0 Å². The van der Waals surface area contributed by atoms with E-state index in [1.165, 1.54) is 37.8 Å². The number of carbonyl (C=O) groups is 2. The van der Waals surface area contributed by atoms with Crippen LogP contribution in [0.1, 0.15) is 51.4 Å². The Morgan fingerprint density at radius 1 is 0.692 bits per heavy atom. The van der Waals surface area contributed by atoms with E-state index >= 15 is 0 Å². The van der Waals surface area contributed by atoms with Crippen LogP contribution in [0.2, 0.25) is 0 Å². The highest BCUT2D eigenvalue weighted by Gasteiger charge is 2.40. The van der Waals surface area contributed by atoms with Gasteiger partial charge in [-0.3, -0.25) is 0 Å². The van der Waals surface area contributed by atoms with Gasteiger partial charge < -0.3 is 19.3 Å². The molecular weight excluding hydrogens is 332 g/mol. The van der Waals surface area contributed by atoms with Gasteiger partial charge in [0.05, 0.1) is 0 Å². The van der Waals surface area contributed by atoms with Crippen molar-refractivity contribution < 1.29 is 19.1 Å². The molecule has 0 aromatic carbocycles. The van der Waals surface area contributed by atoms with Crippen molar-refractivity contribution in [2.75, 3.05) is 14.1 Å². The first kappa shape index (κ1) is 18.0. The molecule has 4 bridgehead atoms. The van der Waals surface area contributed by atoms with E-state index in [1.54, 1.807) is 0 Å². The Hall–Kier alpha value is -1.40. The maximum atomic E-state index is 12.0. The Morgan fingerprint density at radius 3 is 1.31 bits per heavy atom. The topological polar surface area (TPSA) is 59.1 Å². The Kier molecular flexibility index (Phi) is 5.06. The predicted molar refractivity (Wildman–Crippen MR) is 96.5 cm³/mol. The van der Waals surface area contributed by atoms with Crippen molar-refractivity contribution in [2.45, 2.75) is 87.7 Å². The van der Waals surface area contributed by atoms with Crippen molar-refractivity contribution in [1.29, 1.82) is 0 Å². The minimum Gasteiger partial charge on any atom is -0.459 e. The van der Waals surface area contributed by atoms with Crippen molar-refractivity contribution in [1.82, 2.24) is 9.80 Å². The maximum absolute atomic E-state index is 12.0. The van der Waals surface area contributed by atoms with E-state index in [9.17, 15) is 9.59 Å². The summed E-state index contributed by atoms with van der Waals surface area (Å²) in [5, 5.41) is 0. The summed E-state index contributed by atoms with van der Waals surface area (Å²) in [5.41, 5.74) is 0. The quantitative estimate of drug-likeness (QED) is 0.562. The average molecular weight is 362 g/mol. The fraction of sp³-hybridized carbons (Fsp3) is 0.800. The second-order valence-corrected chi connectivity index (χ2v) is 8.49. The van der Waals surface area contributed by atoms with Crippen LogP contribution in [0.15, 0.2) is 12.2 Å². The Morgan fingerprint density at radius 2 is 1.00 bits per heavy atom. The monoisotopic (exact) mass is 362 g/mol. The average Bonchev–Trinajstić information content (AvgIpc) is 2.95. The Balaban J connectivity index is 1.22. The molecule has 6 heteroatoms. The Labute approximate surface area is 155 Å². The van der Waals surface area contributed by atoms with E-state index in [2.05, 4.69) is 23.9 Å². The smallest absolute Gasteiger partial charge is 0.331 e. The molecular formula is C20H30N2O4. The standard InChI is InChI=1S/C20H30N2O4/c1-21-13-3-4-14(21)10-17(9-13)25-19(23)7-8-20(24)26-18-11-15-5-6-16(12-18)22(15)2/h7-8,13-18H,3-6,9-12H2,1-2H3/b8-7-/t13-,14-,15+,16+. The highest BCUT2D eigenvalue weighted by atomic mass is 16.5. The van der Waals surface area contributed by atoms with Gasteiger partial charge in [0.25, 0.3) is 0 Å². The van der Waals surface area contributed by atoms with E-state index in [0.29, 0.717) is 24.2 Å². The van der Waals surface area contributed by atoms with Gasteiger partial charge in [0.1, 0.15) is 12.2 Å². The number of nitrogens with zero attached hydrogens (tertiary/aromatic N) is 2. The van der Waals surface area contributed by atoms with Crippen LogP contribution in [0, 0.1) is 0 Å². The van der Waals surface area contributed by atoms with Crippen LogP contribution in [0.25, 0.3) is 0 Å². The molecule has 4 atom stereocenters. The molecule has 0 saturated carbocycles. The van der Waals surface area contributed by atoms with Crippen molar-refractivity contribution in [3.05, 3.63) is 12.2 Å². The number of hydrogen-bond donors (Lipinski definition) is 0. The van der Waals surface area contributed by atoms with E-state index in [-0.39, 0.29) is 12.2 Å². The highest BCUT2D eigenvalue weighted by Crippen LogP contribution is 2.36. The SMILES string of the molecule is CN1[C@@H]2CC[C@@H]1CC(OC(=O)/C=C\C(=O)OC1C[C@@H]3CC[C@@H](C1)N3C)C2. The first-order chi connectivity index (χ1) is 12.5. The normalized spacial score (nSPS) is 40.1. The fourth-order valence-electron chi connectivity index (χ4n) is 5.46. The van der Waals surface area contributed by atoms with Crippen LogP contribution in [-0.2, 0) is 19.1 Å². The third-order valence-electron chi connectivity index (χ3n) is 7.03. The predicted octanol–water partition coefficient (Wildman–Crippen LogP) is 1.88. The van der Waals surface area contributed by atoms with Crippen molar-refractivity contribution in [2.24, 2.45) is 0 Å². The highest BCUT2D eigenvalue weighted by molar-refractivity contribution is 5.91. The van der Waals surface area contributed by atoms with E-state index in [1.807, 2.05) is 0 Å². The molecule has 144 valence electrons. The molecule has 4 saturated heterocycles. The summed E-state index contributed by atoms with van der Waals surface area (Å²) in [4.78, 5) is 28.9. The van der Waals surface area contributed by atoms with Crippen LogP contribution < -0.4 is 0 Å². The molecule has 4 aliphatic heterocycles. The zero-order valence-electron chi connectivity index (χ0n) is 15.8. The molecule has 0 aliphatic carbocycles. The zero-order chi connectivity index (χ0) is 18.3. The molecule has 4 heterocycles. The van der Waals surface area contributed by atoms with Gasteiger partial charge in [0, 0.05) is 62.0 Å². The van der Waals surface area contributed by atoms with Crippen molar-refractivity contribution >= 4 is 11.9 Å². The molecule has 0 aromatic heterocycles. The third kappa shape index (κ3) is 3.67. The minimum atomic E-state index is -0.431. The molecule has 26 heavy (non-hydrogen) atoms. The van der Waals surface area contributed by atoms with Crippen LogP contribution in [-0.4, -0.2) is 72.2 Å². The fourth-order valence-corrected chi connectivity index (χ4v) is 5.46. The first-order valence-corrected chi connectivity index (χ1v) is 10.0. The summed E-state index contributed by atoms with van der Waals surface area (Å²) in [6, 6.07) is 2.11. The molecule has 0 aromatic rings. The number of carbonyl (C=O) groups excluding carboxylic acids is 2. The lowest BCUT2D eigenvalue weighted by atomic mass is 10.0. The summed E-state index contributed by atoms with van der Waals surface area (Å²) >= 11 is 0. The lowest BCUT2D eigenvalue weighted by molar-refractivity contribution is -0.149. The Bertz CT molecular complexity index is 514. The summed E-state index contributed by atoms with van der Waals surface area (Å²) in [7, 11) is 4.32. The molecule has 4 aliphatic rings. The van der Waals surface area contributed by atoms with Crippen LogP contribution in [0.3, 0.4) is 0 Å². The number of rotatable bonds is 4. The molecule has 0 radical (unpaired) electrons. The number of esters is 2. The van der Waals surface area contributed by atoms with Gasteiger partial charge in [-0.2, -0.15) is 0 Å². The molecule has 0 N–H and O–H groups in total. The van der Waals surface area contributed by atoms with Gasteiger partial charge in [-0.25, -0.2) is 9.59 Å². The van der Waals surface area contributed by atoms with Gasteiger partial charge in [0.2, 0.25) is 0 Å². The number of piperidine rings is 2. The number of hydrogen-bond acceptors (Lipinski definition) is 6. The van der Waals surface area contributed by atoms with Gasteiger partial charge >= 0.3 is 11.9 Å². The summed E-state index contributed by atoms with van der Waals surface area (Å²) in [6.45, 7) is 0. The maximum Gasteiger partial charge on any atom is 0.331 e. The number of ether oxygens (including phenoxy) is 2. The van der Waals surface area contributed by atoms with E-state index < -0.39 is 11.9 Å². The number of fused-ring (bicyclic) bond motifs is 4. The summed E-state index contributed by atoms with van der Waals surface area (Å²) < 4.78 is 11.1. The van der Waals surface area contributed by atoms with Gasteiger partial charge in [-0.15, -0.1) is 0 Å². The van der Waals surface area contributed by atoms with Gasteiger partial charge in [0.15, 0.2) is 0 Å². The minimum absolute atomic E-state index is 0.0265. The van der Waals surface area contributed by atoms with Crippen molar-refractivity contribution in [3.8, 4) is 0 Å². The lowest BCUT2D eigenvalue weighted by Crippen LogP contribution is -2.43. The van der Waals surface area contributed by atoms with Crippen LogP contribution in [0.5, 0.6) is 0 Å².